The SMILES string of the molecule is CC(=O)N(c1ccc2ccccc2c1)C(Cc1c[nH]c2ccccc12)C(=O)N(CCCCN=C(N)N)Cc1ccccc1. The van der Waals surface area contributed by atoms with Crippen LogP contribution >= 0.6 is 0 Å². The van der Waals surface area contributed by atoms with Crippen LogP contribution < -0.4 is 16.4 Å². The Morgan fingerprint density at radius 3 is 2.35 bits per heavy atom. The number of aromatic amines is 1. The van der Waals surface area contributed by atoms with E-state index in [4.69, 9.17) is 11.5 Å². The number of unbranched alkanes of at least 4 members (excludes halogenated alkanes) is 1. The minimum atomic E-state index is -0.765. The summed E-state index contributed by atoms with van der Waals surface area (Å²) in [6.07, 6.45) is 3.74. The van der Waals surface area contributed by atoms with E-state index >= 15 is 0 Å². The summed E-state index contributed by atoms with van der Waals surface area (Å²) < 4.78 is 0. The molecule has 1 atom stereocenters. The first-order chi connectivity index (χ1) is 20.9. The number of hydrogen-bond donors (Lipinski definition) is 3. The fourth-order valence-corrected chi connectivity index (χ4v) is 5.61. The van der Waals surface area contributed by atoms with E-state index in [9.17, 15) is 9.59 Å². The smallest absolute Gasteiger partial charge is 0.246 e. The zero-order valence-electron chi connectivity index (χ0n) is 24.4. The van der Waals surface area contributed by atoms with Crippen molar-refractivity contribution in [2.24, 2.45) is 16.5 Å². The predicted octanol–water partition coefficient (Wildman–Crippen LogP) is 5.37. The second-order valence-electron chi connectivity index (χ2n) is 10.8. The van der Waals surface area contributed by atoms with E-state index in [1.165, 1.54) is 6.92 Å². The Kier molecular flexibility index (Phi) is 9.36. The third-order valence-electron chi connectivity index (χ3n) is 7.69. The van der Waals surface area contributed by atoms with E-state index < -0.39 is 6.04 Å². The molecule has 1 unspecified atom stereocenters. The molecule has 8 nitrogen and oxygen atoms in total. The standard InChI is InChI=1S/C35H38N6O2/c1-25(42)41(30-18-17-27-13-5-6-14-28(27)21-30)33(22-29-23-39-32-16-8-7-15-31(29)32)34(43)40(20-10-9-19-38-35(36)37)24-26-11-3-2-4-12-26/h2-8,11-18,21,23,33,39H,9-10,19-20,22,24H2,1H3,(H4,36,37,38). The Labute approximate surface area is 252 Å². The largest absolute Gasteiger partial charge is 0.370 e. The Morgan fingerprint density at radius 2 is 1.58 bits per heavy atom. The maximum Gasteiger partial charge on any atom is 0.246 e. The van der Waals surface area contributed by atoms with E-state index in [1.807, 2.05) is 108 Å². The van der Waals surface area contributed by atoms with Gasteiger partial charge in [-0.05, 0) is 52.9 Å². The van der Waals surface area contributed by atoms with Gasteiger partial charge in [0.25, 0.3) is 0 Å². The van der Waals surface area contributed by atoms with Crippen molar-refractivity contribution in [3.05, 3.63) is 114 Å². The summed E-state index contributed by atoms with van der Waals surface area (Å²) in [6, 6.07) is 31.1. The summed E-state index contributed by atoms with van der Waals surface area (Å²) in [5, 5.41) is 3.11. The van der Waals surface area contributed by atoms with Crippen molar-refractivity contribution < 1.29 is 9.59 Å². The van der Waals surface area contributed by atoms with E-state index in [2.05, 4.69) is 9.98 Å². The number of benzene rings is 4. The number of amides is 2. The quantitative estimate of drug-likeness (QED) is 0.105. The van der Waals surface area contributed by atoms with Gasteiger partial charge >= 0.3 is 0 Å². The molecular formula is C35H38N6O2. The van der Waals surface area contributed by atoms with Gasteiger partial charge in [0.15, 0.2) is 5.96 Å². The molecule has 1 aromatic heterocycles. The van der Waals surface area contributed by atoms with Gasteiger partial charge in [-0.2, -0.15) is 0 Å². The monoisotopic (exact) mass is 574 g/mol. The fraction of sp³-hybridized carbons (Fsp3) is 0.229. The van der Waals surface area contributed by atoms with Crippen LogP contribution in [0.2, 0.25) is 0 Å². The average Bonchev–Trinajstić information content (AvgIpc) is 3.42. The van der Waals surface area contributed by atoms with Crippen LogP contribution in [0, 0.1) is 0 Å². The van der Waals surface area contributed by atoms with Crippen LogP contribution in [0.25, 0.3) is 21.7 Å². The summed E-state index contributed by atoms with van der Waals surface area (Å²) in [7, 11) is 0. The van der Waals surface area contributed by atoms with Crippen LogP contribution in [-0.4, -0.2) is 46.8 Å². The molecule has 0 aliphatic carbocycles. The Bertz CT molecular complexity index is 1720. The lowest BCUT2D eigenvalue weighted by Crippen LogP contribution is -2.52. The summed E-state index contributed by atoms with van der Waals surface area (Å²) in [5.41, 5.74) is 14.7. The number of nitrogens with zero attached hydrogens (tertiary/aromatic N) is 3. The molecule has 43 heavy (non-hydrogen) atoms. The molecule has 0 aliphatic rings. The van der Waals surface area contributed by atoms with Crippen molar-refractivity contribution >= 4 is 45.1 Å². The van der Waals surface area contributed by atoms with E-state index in [-0.39, 0.29) is 17.8 Å². The first kappa shape index (κ1) is 29.4. The molecule has 0 saturated carbocycles. The molecule has 0 fully saturated rings. The normalized spacial score (nSPS) is 11.7. The highest BCUT2D eigenvalue weighted by Gasteiger charge is 2.33. The number of carbonyl (C=O) groups is 2. The number of H-pyrrole nitrogens is 1. The highest BCUT2D eigenvalue weighted by atomic mass is 16.2. The number of guanidine groups is 1. The topological polar surface area (TPSA) is 121 Å². The first-order valence-electron chi connectivity index (χ1n) is 14.6. The van der Waals surface area contributed by atoms with Gasteiger partial charge < -0.3 is 21.4 Å². The minimum absolute atomic E-state index is 0.0588. The molecule has 4 aromatic carbocycles. The molecular weight excluding hydrogens is 536 g/mol. The zero-order chi connectivity index (χ0) is 30.2. The average molecular weight is 575 g/mol. The number of hydrogen-bond acceptors (Lipinski definition) is 3. The molecule has 5 N–H and O–H groups in total. The molecule has 0 spiro atoms. The second kappa shape index (κ2) is 13.7. The van der Waals surface area contributed by atoms with Gasteiger partial charge in [-0.1, -0.05) is 78.9 Å². The summed E-state index contributed by atoms with van der Waals surface area (Å²) in [6.45, 7) is 2.95. The molecule has 1 heterocycles. The fourth-order valence-electron chi connectivity index (χ4n) is 5.61. The zero-order valence-corrected chi connectivity index (χ0v) is 24.4. The van der Waals surface area contributed by atoms with E-state index in [1.54, 1.807) is 4.90 Å². The van der Waals surface area contributed by atoms with Gasteiger partial charge in [0.2, 0.25) is 11.8 Å². The van der Waals surface area contributed by atoms with Crippen molar-refractivity contribution in [1.29, 1.82) is 0 Å². The number of rotatable bonds is 12. The number of aliphatic imine (C=N–C) groups is 1. The number of nitrogens with two attached hydrogens (primary N) is 2. The summed E-state index contributed by atoms with van der Waals surface area (Å²) in [5.74, 6) is -0.247. The molecule has 5 aromatic rings. The van der Waals surface area contributed by atoms with Gasteiger partial charge in [0.1, 0.15) is 6.04 Å². The second-order valence-corrected chi connectivity index (χ2v) is 10.8. The molecule has 0 bridgehead atoms. The Hall–Kier alpha value is -5.11. The Morgan fingerprint density at radius 1 is 0.860 bits per heavy atom. The number of fused-ring (bicyclic) bond motifs is 2. The molecule has 5 rings (SSSR count). The van der Waals surface area contributed by atoms with Crippen LogP contribution in [0.3, 0.4) is 0 Å². The first-order valence-corrected chi connectivity index (χ1v) is 14.6. The Balaban J connectivity index is 1.54. The van der Waals surface area contributed by atoms with Crippen LogP contribution in [0.1, 0.15) is 30.9 Å². The van der Waals surface area contributed by atoms with E-state index in [0.717, 1.165) is 39.2 Å². The van der Waals surface area contributed by atoms with Crippen molar-refractivity contribution in [3.63, 3.8) is 0 Å². The van der Waals surface area contributed by atoms with Crippen molar-refractivity contribution in [1.82, 2.24) is 9.88 Å². The lowest BCUT2D eigenvalue weighted by Gasteiger charge is -2.35. The van der Waals surface area contributed by atoms with Crippen LogP contribution in [0.5, 0.6) is 0 Å². The van der Waals surface area contributed by atoms with Gasteiger partial charge in [0, 0.05) is 55.8 Å². The lowest BCUT2D eigenvalue weighted by atomic mass is 10.00. The molecule has 220 valence electrons. The number of anilines is 1. The van der Waals surface area contributed by atoms with Gasteiger partial charge in [-0.25, -0.2) is 0 Å². The third kappa shape index (κ3) is 7.22. The number of para-hydroxylation sites is 1. The molecule has 8 heteroatoms. The number of carbonyl (C=O) groups excluding carboxylic acids is 2. The van der Waals surface area contributed by atoms with Gasteiger partial charge in [0.05, 0.1) is 0 Å². The molecule has 0 saturated heterocycles. The van der Waals surface area contributed by atoms with Crippen molar-refractivity contribution in [3.8, 4) is 0 Å². The van der Waals surface area contributed by atoms with Gasteiger partial charge in [-0.3, -0.25) is 19.5 Å². The highest BCUT2D eigenvalue weighted by Crippen LogP contribution is 2.28. The summed E-state index contributed by atoms with van der Waals surface area (Å²) >= 11 is 0. The third-order valence-corrected chi connectivity index (χ3v) is 7.69. The maximum atomic E-state index is 14.7. The van der Waals surface area contributed by atoms with Crippen LogP contribution in [0.15, 0.2) is 108 Å². The maximum absolute atomic E-state index is 14.7. The lowest BCUT2D eigenvalue weighted by molar-refractivity contribution is -0.135. The van der Waals surface area contributed by atoms with Gasteiger partial charge in [-0.15, -0.1) is 0 Å². The predicted molar refractivity (Wildman–Crippen MR) is 175 cm³/mol. The molecule has 0 aliphatic heterocycles. The molecule has 2 amide bonds. The highest BCUT2D eigenvalue weighted by molar-refractivity contribution is 6.02. The molecule has 0 radical (unpaired) electrons. The van der Waals surface area contributed by atoms with Crippen LogP contribution in [0.4, 0.5) is 5.69 Å². The van der Waals surface area contributed by atoms with Crippen molar-refractivity contribution in [2.75, 3.05) is 18.0 Å². The van der Waals surface area contributed by atoms with E-state index in [0.29, 0.717) is 38.2 Å². The van der Waals surface area contributed by atoms with Crippen molar-refractivity contribution in [2.45, 2.75) is 38.8 Å². The van der Waals surface area contributed by atoms with Crippen LogP contribution in [-0.2, 0) is 22.6 Å². The number of nitrogens with one attached hydrogen (secondary N) is 1. The number of aromatic nitrogens is 1. The summed E-state index contributed by atoms with van der Waals surface area (Å²) in [4.78, 5) is 39.1. The minimum Gasteiger partial charge on any atom is -0.370 e.